The van der Waals surface area contributed by atoms with E-state index >= 15 is 0 Å². The van der Waals surface area contributed by atoms with Crippen molar-refractivity contribution in [2.75, 3.05) is 5.73 Å². The summed E-state index contributed by atoms with van der Waals surface area (Å²) in [4.78, 5) is 2.83. The number of aromatic amines is 1. The van der Waals surface area contributed by atoms with Crippen LogP contribution in [0.15, 0.2) is 17.4 Å². The Morgan fingerprint density at radius 2 is 2.40 bits per heavy atom. The minimum Gasteiger partial charge on any atom is -0.385 e. The van der Waals surface area contributed by atoms with Crippen molar-refractivity contribution in [2.45, 2.75) is 6.92 Å². The fraction of sp³-hybridized carbons (Fsp3) is 0.167. The molecular weight excluding hydrogens is 128 g/mol. The van der Waals surface area contributed by atoms with Crippen LogP contribution in [0.2, 0.25) is 0 Å². The van der Waals surface area contributed by atoms with Crippen LogP contribution in [-0.2, 0) is 0 Å². The third-order valence-electron chi connectivity index (χ3n) is 1.36. The van der Waals surface area contributed by atoms with E-state index in [9.17, 15) is 0 Å². The van der Waals surface area contributed by atoms with Gasteiger partial charge in [-0.15, -0.1) is 0 Å². The molecule has 10 heavy (non-hydrogen) atoms. The van der Waals surface area contributed by atoms with Gasteiger partial charge in [-0.3, -0.25) is 0 Å². The Bertz CT molecular complexity index is 248. The van der Waals surface area contributed by atoms with Gasteiger partial charge in [0.25, 0.3) is 0 Å². The van der Waals surface area contributed by atoms with Crippen molar-refractivity contribution in [2.24, 2.45) is 10.9 Å². The molecule has 0 aliphatic heterocycles. The van der Waals surface area contributed by atoms with Crippen LogP contribution in [0.5, 0.6) is 0 Å². The normalized spacial score (nSPS) is 11.9. The second-order valence-electron chi connectivity index (χ2n) is 2.02. The van der Waals surface area contributed by atoms with Crippen LogP contribution in [0.3, 0.4) is 0 Å². The lowest BCUT2D eigenvalue weighted by atomic mass is 10.2. The zero-order valence-corrected chi connectivity index (χ0v) is 5.76. The van der Waals surface area contributed by atoms with Crippen molar-refractivity contribution >= 4 is 11.5 Å². The van der Waals surface area contributed by atoms with Crippen molar-refractivity contribution in [3.8, 4) is 0 Å². The zero-order chi connectivity index (χ0) is 7.56. The molecular formula is C6H10N4. The molecule has 0 fully saturated rings. The molecule has 1 heterocycles. The van der Waals surface area contributed by atoms with Gasteiger partial charge in [-0.1, -0.05) is 0 Å². The third-order valence-corrected chi connectivity index (χ3v) is 1.36. The highest BCUT2D eigenvalue weighted by Gasteiger charge is 2.01. The molecule has 0 spiro atoms. The predicted molar refractivity (Wildman–Crippen MR) is 41.6 cm³/mol. The minimum absolute atomic E-state index is 0.603. The summed E-state index contributed by atoms with van der Waals surface area (Å²) in [5, 5.41) is 3.51. The van der Waals surface area contributed by atoms with Crippen LogP contribution in [0.25, 0.3) is 0 Å². The first-order chi connectivity index (χ1) is 4.75. The van der Waals surface area contributed by atoms with Gasteiger partial charge >= 0.3 is 0 Å². The highest BCUT2D eigenvalue weighted by molar-refractivity contribution is 6.02. The van der Waals surface area contributed by atoms with E-state index in [0.717, 1.165) is 11.3 Å². The van der Waals surface area contributed by atoms with Crippen molar-refractivity contribution < 1.29 is 0 Å². The summed E-state index contributed by atoms with van der Waals surface area (Å²) in [7, 11) is 0. The van der Waals surface area contributed by atoms with Gasteiger partial charge in [-0.25, -0.2) is 0 Å². The number of hydrogen-bond acceptors (Lipinski definition) is 3. The first kappa shape index (κ1) is 6.67. The Kier molecular flexibility index (Phi) is 1.62. The summed E-state index contributed by atoms with van der Waals surface area (Å²) in [6.07, 6.45) is 1.75. The lowest BCUT2D eigenvalue weighted by Gasteiger charge is -1.94. The average molecular weight is 138 g/mol. The SMILES string of the molecule is C/C(=N/N)c1cc[nH]c1N. The molecule has 0 amide bonds. The van der Waals surface area contributed by atoms with Crippen molar-refractivity contribution in [1.29, 1.82) is 0 Å². The van der Waals surface area contributed by atoms with Crippen LogP contribution in [0.1, 0.15) is 12.5 Å². The number of nitrogens with zero attached hydrogens (tertiary/aromatic N) is 1. The number of anilines is 1. The van der Waals surface area contributed by atoms with E-state index in [1.54, 1.807) is 13.1 Å². The number of H-pyrrole nitrogens is 1. The molecule has 0 radical (unpaired) electrons. The van der Waals surface area contributed by atoms with Gasteiger partial charge in [0.15, 0.2) is 0 Å². The van der Waals surface area contributed by atoms with Gasteiger partial charge in [0.05, 0.1) is 5.71 Å². The van der Waals surface area contributed by atoms with Gasteiger partial charge in [-0.2, -0.15) is 5.10 Å². The van der Waals surface area contributed by atoms with Crippen molar-refractivity contribution in [1.82, 2.24) is 4.98 Å². The fourth-order valence-electron chi connectivity index (χ4n) is 0.767. The number of nitrogen functional groups attached to an aromatic ring is 1. The third kappa shape index (κ3) is 0.953. The molecule has 0 bridgehead atoms. The van der Waals surface area contributed by atoms with E-state index in [2.05, 4.69) is 10.1 Å². The Labute approximate surface area is 58.9 Å². The molecule has 0 saturated carbocycles. The second-order valence-corrected chi connectivity index (χ2v) is 2.02. The first-order valence-corrected chi connectivity index (χ1v) is 2.93. The lowest BCUT2D eigenvalue weighted by molar-refractivity contribution is 1.24. The van der Waals surface area contributed by atoms with Crippen LogP contribution in [0.4, 0.5) is 5.82 Å². The Balaban J connectivity index is 3.05. The number of aromatic nitrogens is 1. The second kappa shape index (κ2) is 2.43. The number of rotatable bonds is 1. The summed E-state index contributed by atoms with van der Waals surface area (Å²) in [5.41, 5.74) is 7.12. The smallest absolute Gasteiger partial charge is 0.109 e. The first-order valence-electron chi connectivity index (χ1n) is 2.93. The molecule has 1 aromatic rings. The molecule has 4 heteroatoms. The van der Waals surface area contributed by atoms with E-state index < -0.39 is 0 Å². The summed E-state index contributed by atoms with van der Waals surface area (Å²) >= 11 is 0. The van der Waals surface area contributed by atoms with E-state index in [4.69, 9.17) is 11.6 Å². The predicted octanol–water partition coefficient (Wildman–Crippen LogP) is 0.280. The van der Waals surface area contributed by atoms with Gasteiger partial charge in [0.2, 0.25) is 0 Å². The number of hydrazone groups is 1. The standard InChI is InChI=1S/C6H10N4/c1-4(10-8)5-2-3-9-6(5)7/h2-3,9H,7-8H2,1H3/b10-4-. The molecule has 0 atom stereocenters. The molecule has 54 valence electrons. The number of hydrogen-bond donors (Lipinski definition) is 3. The summed E-state index contributed by atoms with van der Waals surface area (Å²) in [6.45, 7) is 1.81. The minimum atomic E-state index is 0.603. The highest BCUT2D eigenvalue weighted by atomic mass is 15.1. The maximum atomic E-state index is 5.53. The number of nitrogens with one attached hydrogen (secondary N) is 1. The van der Waals surface area contributed by atoms with E-state index in [1.807, 2.05) is 6.07 Å². The molecule has 1 rings (SSSR count). The molecule has 0 aliphatic carbocycles. The zero-order valence-electron chi connectivity index (χ0n) is 5.76. The van der Waals surface area contributed by atoms with Gasteiger partial charge < -0.3 is 16.6 Å². The topological polar surface area (TPSA) is 80.2 Å². The highest BCUT2D eigenvalue weighted by Crippen LogP contribution is 2.08. The van der Waals surface area contributed by atoms with E-state index in [-0.39, 0.29) is 0 Å². The molecule has 0 unspecified atom stereocenters. The Morgan fingerprint density at radius 3 is 2.80 bits per heavy atom. The molecule has 0 aromatic carbocycles. The summed E-state index contributed by atoms with van der Waals surface area (Å²) in [5.74, 6) is 5.65. The summed E-state index contributed by atoms with van der Waals surface area (Å²) < 4.78 is 0. The van der Waals surface area contributed by atoms with Gasteiger partial charge in [-0.05, 0) is 13.0 Å². The maximum absolute atomic E-state index is 5.53. The van der Waals surface area contributed by atoms with Gasteiger partial charge in [0.1, 0.15) is 5.82 Å². The largest absolute Gasteiger partial charge is 0.385 e. The maximum Gasteiger partial charge on any atom is 0.109 e. The molecule has 5 N–H and O–H groups in total. The molecule has 1 aromatic heterocycles. The van der Waals surface area contributed by atoms with Crippen LogP contribution < -0.4 is 11.6 Å². The van der Waals surface area contributed by atoms with E-state index in [1.165, 1.54) is 0 Å². The average Bonchev–Trinajstić information content (AvgIpc) is 2.34. The van der Waals surface area contributed by atoms with E-state index in [0.29, 0.717) is 5.82 Å². The van der Waals surface area contributed by atoms with Crippen molar-refractivity contribution in [3.05, 3.63) is 17.8 Å². The van der Waals surface area contributed by atoms with Crippen LogP contribution in [-0.4, -0.2) is 10.7 Å². The quantitative estimate of drug-likeness (QED) is 0.296. The Morgan fingerprint density at radius 1 is 1.70 bits per heavy atom. The fourth-order valence-corrected chi connectivity index (χ4v) is 0.767. The molecule has 4 nitrogen and oxygen atoms in total. The van der Waals surface area contributed by atoms with Crippen LogP contribution >= 0.6 is 0 Å². The number of nitrogens with two attached hydrogens (primary N) is 2. The molecule has 0 aliphatic rings. The van der Waals surface area contributed by atoms with Crippen molar-refractivity contribution in [3.63, 3.8) is 0 Å². The Hall–Kier alpha value is -1.45. The van der Waals surface area contributed by atoms with Crippen LogP contribution in [0, 0.1) is 0 Å². The lowest BCUT2D eigenvalue weighted by Crippen LogP contribution is -2.00. The molecule has 0 saturated heterocycles. The van der Waals surface area contributed by atoms with Gasteiger partial charge in [0, 0.05) is 11.8 Å². The monoisotopic (exact) mass is 138 g/mol. The summed E-state index contributed by atoms with van der Waals surface area (Å²) in [6, 6.07) is 1.83.